The number of methoxy groups -OCH3 is 1. The third-order valence-corrected chi connectivity index (χ3v) is 21.5. The van der Waals surface area contributed by atoms with E-state index in [2.05, 4.69) is 159 Å². The van der Waals surface area contributed by atoms with E-state index < -0.39 is 17.4 Å². The van der Waals surface area contributed by atoms with Gasteiger partial charge in [-0.25, -0.2) is 18.7 Å². The van der Waals surface area contributed by atoms with Crippen LogP contribution in [-0.4, -0.2) is 89.6 Å². The summed E-state index contributed by atoms with van der Waals surface area (Å²) >= 11 is 0. The minimum atomic E-state index is -3.24. The van der Waals surface area contributed by atoms with Crippen molar-refractivity contribution in [3.8, 4) is 64.9 Å². The Kier molecular flexibility index (Phi) is 23.2. The zero-order valence-corrected chi connectivity index (χ0v) is 70.5. The molecule has 9 aromatic carbocycles. The maximum absolute atomic E-state index is 13.7. The van der Waals surface area contributed by atoms with E-state index in [0.717, 1.165) is 173 Å². The van der Waals surface area contributed by atoms with Crippen molar-refractivity contribution in [2.75, 3.05) is 7.11 Å². The van der Waals surface area contributed by atoms with Gasteiger partial charge in [0.2, 0.25) is 0 Å². The molecule has 0 spiro atoms. The number of hydrogen-bond donors (Lipinski definition) is 4. The number of ether oxygens (including phenoxy) is 2. The third-order valence-electron chi connectivity index (χ3n) is 21.5. The molecule has 0 fully saturated rings. The van der Waals surface area contributed by atoms with Gasteiger partial charge in [-0.1, -0.05) is 135 Å². The number of nitrogens with zero attached hydrogens (tertiary/aromatic N) is 12. The van der Waals surface area contributed by atoms with E-state index in [1.807, 2.05) is 175 Å². The highest BCUT2D eigenvalue weighted by atomic mass is 19.3. The summed E-state index contributed by atoms with van der Waals surface area (Å²) in [5, 5.41) is 60.7. The molecule has 0 unspecified atom stereocenters. The Hall–Kier alpha value is -16.8. The summed E-state index contributed by atoms with van der Waals surface area (Å²) in [4.78, 5) is 12.8. The average molecular weight is 1700 g/mol. The number of rotatable bonds is 13. The van der Waals surface area contributed by atoms with Gasteiger partial charge in [0.05, 0.1) is 105 Å². The van der Waals surface area contributed by atoms with Crippen LogP contribution in [0, 0.1) is 86.4 Å². The predicted molar refractivity (Wildman–Crippen MR) is 480 cm³/mol. The molecular formula is C102H76F4N16O6. The van der Waals surface area contributed by atoms with E-state index in [9.17, 15) is 22.8 Å². The third kappa shape index (κ3) is 18.8. The first-order valence-corrected chi connectivity index (χ1v) is 40.6. The lowest BCUT2D eigenvalue weighted by molar-refractivity contribution is -0.159. The Labute approximate surface area is 729 Å². The normalized spacial score (nSPS) is 11.3. The fraction of sp³-hybridized carbons (Fsp3) is 0.157. The molecule has 0 aliphatic heterocycles. The predicted octanol–water partition coefficient (Wildman–Crippen LogP) is 21.1. The van der Waals surface area contributed by atoms with Crippen LogP contribution in [0.3, 0.4) is 0 Å². The van der Waals surface area contributed by atoms with Gasteiger partial charge in [-0.2, -0.15) is 34.4 Å². The number of hydrogen-bond acceptors (Lipinski definition) is 18. The zero-order chi connectivity index (χ0) is 88.8. The van der Waals surface area contributed by atoms with Crippen molar-refractivity contribution in [2.45, 2.75) is 98.5 Å². The monoisotopic (exact) mass is 1700 g/mol. The summed E-state index contributed by atoms with van der Waals surface area (Å²) < 4.78 is 86.5. The first-order chi connectivity index (χ1) is 61.9. The van der Waals surface area contributed by atoms with E-state index in [4.69, 9.17) is 22.8 Å². The molecule has 0 saturated carbocycles. The molecule has 0 aliphatic rings. The molecule has 20 rings (SSSR count). The van der Waals surface area contributed by atoms with Crippen LogP contribution >= 0.6 is 0 Å². The molecule has 0 saturated heterocycles. The first kappa shape index (κ1) is 83.5. The molecule has 128 heavy (non-hydrogen) atoms. The molecule has 0 atom stereocenters. The Bertz CT molecular complexity index is 7960. The number of aromatic nitrogens is 15. The van der Waals surface area contributed by atoms with E-state index in [1.54, 1.807) is 56.4 Å². The second-order valence-electron chi connectivity index (χ2n) is 31.5. The number of benzene rings is 9. The Balaban J connectivity index is 0.000000120. The van der Waals surface area contributed by atoms with Crippen LogP contribution in [0.4, 0.5) is 17.6 Å². The Morgan fingerprint density at radius 2 is 0.852 bits per heavy atom. The van der Waals surface area contributed by atoms with Crippen molar-refractivity contribution in [1.29, 1.82) is 5.26 Å². The van der Waals surface area contributed by atoms with Gasteiger partial charge < -0.3 is 27.6 Å². The van der Waals surface area contributed by atoms with Crippen molar-refractivity contribution in [1.82, 2.24) is 76.4 Å². The second-order valence-corrected chi connectivity index (χ2v) is 31.5. The van der Waals surface area contributed by atoms with Crippen molar-refractivity contribution in [3.05, 3.63) is 348 Å². The van der Waals surface area contributed by atoms with E-state index >= 15 is 0 Å². The highest BCUT2D eigenvalue weighted by molar-refractivity contribution is 5.91. The fourth-order valence-electron chi connectivity index (χ4n) is 14.6. The summed E-state index contributed by atoms with van der Waals surface area (Å²) in [5.41, 5.74) is 24.2. The van der Waals surface area contributed by atoms with Crippen molar-refractivity contribution in [2.24, 2.45) is 0 Å². The van der Waals surface area contributed by atoms with Gasteiger partial charge >= 0.3 is 6.11 Å². The van der Waals surface area contributed by atoms with Gasteiger partial charge in [0.25, 0.3) is 5.92 Å². The maximum atomic E-state index is 13.7. The molecule has 4 N–H and O–H groups in total. The second kappa shape index (κ2) is 35.6. The van der Waals surface area contributed by atoms with Crippen LogP contribution in [0.5, 0.6) is 11.5 Å². The molecule has 22 nitrogen and oxygen atoms in total. The van der Waals surface area contributed by atoms with Gasteiger partial charge in [-0.3, -0.25) is 25.4 Å². The molecular weight excluding hydrogens is 1620 g/mol. The van der Waals surface area contributed by atoms with E-state index in [-0.39, 0.29) is 11.3 Å². The smallest absolute Gasteiger partial charge is 0.394 e. The summed E-state index contributed by atoms with van der Waals surface area (Å²) in [5.74, 6) is 23.6. The largest absolute Gasteiger partial charge is 0.497 e. The molecule has 628 valence electrons. The molecule has 0 radical (unpaired) electrons. The number of H-pyrrole nitrogens is 4. The van der Waals surface area contributed by atoms with Crippen LogP contribution in [-0.2, 0) is 37.0 Å². The molecule has 11 heterocycles. The molecule has 20 aromatic rings. The number of aryl methyl sites for hydroxylation is 4. The van der Waals surface area contributed by atoms with Crippen molar-refractivity contribution < 1.29 is 45.1 Å². The lowest BCUT2D eigenvalue weighted by Crippen LogP contribution is -2.19. The Morgan fingerprint density at radius 3 is 1.42 bits per heavy atom. The number of aromatic amines is 4. The molecule has 0 amide bonds. The van der Waals surface area contributed by atoms with Gasteiger partial charge in [0, 0.05) is 118 Å². The number of fused-ring (bicyclic) bond motifs is 8. The molecule has 0 aliphatic carbocycles. The summed E-state index contributed by atoms with van der Waals surface area (Å²) in [6.07, 6.45) is 10.1. The zero-order valence-electron chi connectivity index (χ0n) is 70.5. The molecule has 0 bridgehead atoms. The maximum Gasteiger partial charge on any atom is 0.394 e. The van der Waals surface area contributed by atoms with E-state index in [1.165, 1.54) is 18.3 Å². The van der Waals surface area contributed by atoms with Crippen LogP contribution in [0.1, 0.15) is 151 Å². The first-order valence-electron chi connectivity index (χ1n) is 40.6. The van der Waals surface area contributed by atoms with Crippen molar-refractivity contribution in [3.63, 3.8) is 0 Å². The van der Waals surface area contributed by atoms with Gasteiger partial charge in [-0.05, 0) is 207 Å². The minimum absolute atomic E-state index is 0.101. The summed E-state index contributed by atoms with van der Waals surface area (Å²) in [6.45, 7) is 13.4. The SMILES string of the molecule is COc1cccc(Cc2noc3c(C#Cc4ccc5[nH]ncc5c4)c(C)ccc23)c1.Cc1ccc2c(Cc3cccc(C(C)(C)C#N)c3)noc2c1C#Cc1ccc2[nH]ncc2n1.Cc1ccc2c(Cc3cccc(OC(C)(F)F)c3)noc2c1C#Cc1ccc2cn[nH]c2c1.Cc1ccc2c(Cc3cncc(C(C)(F)F)c3)noc2c1C#Cc1cnc2[nH]ncc2c1. The number of halogens is 4. The quantitative estimate of drug-likeness (QED) is 0.0616. The average Bonchev–Trinajstić information content (AvgIpc) is 1.64. The lowest BCUT2D eigenvalue weighted by Gasteiger charge is -2.16. The van der Waals surface area contributed by atoms with Gasteiger partial charge in [-0.15, -0.1) is 0 Å². The number of pyridine rings is 3. The highest BCUT2D eigenvalue weighted by Crippen LogP contribution is 2.35. The number of nitriles is 1. The minimum Gasteiger partial charge on any atom is -0.497 e. The van der Waals surface area contributed by atoms with Crippen LogP contribution < -0.4 is 9.47 Å². The molecule has 26 heteroatoms. The fourth-order valence-corrected chi connectivity index (χ4v) is 14.6. The standard InChI is InChI=1S/C27H21N5O.C26H19F2N3O2.C25H19N3O2.C24H17F2N5O/c1-17-7-10-22-24(14-18-5-4-6-19(13-18)27(2,3)16-28)32-33-26(22)21(17)11-8-20-9-12-23-25(30-20)15-29-31-23;1-16-6-10-22-24(14-18-4-3-5-20(12-18)32-26(2,27)28)31-33-25(22)21(16)11-8-17-7-9-19-15-29-30-23(19)13-17;1-16-6-9-22-24(14-18-4-3-5-20(13-18)29-2)28-30-25(22)21(16)10-7-17-8-11-23-19(12-17)15-26-27-23;1-14-3-5-20-21(9-16-8-18(13-27-10-16)24(2,25)26)31-32-22(20)19(14)6-4-15-7-17-12-29-30-23(17)28-11-15/h4-7,9-10,12-13,15H,14H2,1-3H3,(H,29,31);3-7,9-10,12-13,15H,14H2,1-2H3,(H,29,30);3-6,8-9,11-13,15H,14H2,1-2H3,(H,26,27);3,5,7-8,10-13H,9H2,1-2H3,(H,28,29,30). The Morgan fingerprint density at radius 1 is 0.391 bits per heavy atom. The summed E-state index contributed by atoms with van der Waals surface area (Å²) in [6, 6.07) is 60.0. The van der Waals surface area contributed by atoms with Crippen LogP contribution in [0.2, 0.25) is 0 Å². The topological polar surface area (TPSA) is 300 Å². The highest BCUT2D eigenvalue weighted by Gasteiger charge is 2.28. The van der Waals surface area contributed by atoms with Gasteiger partial charge in [0.1, 0.15) is 22.7 Å². The summed E-state index contributed by atoms with van der Waals surface area (Å²) in [7, 11) is 1.67. The molecule has 11 aromatic heterocycles. The number of alkyl halides is 4. The van der Waals surface area contributed by atoms with Crippen LogP contribution in [0.15, 0.2) is 243 Å². The van der Waals surface area contributed by atoms with Crippen molar-refractivity contribution >= 4 is 87.7 Å². The lowest BCUT2D eigenvalue weighted by atomic mass is 9.85. The van der Waals surface area contributed by atoms with Crippen LogP contribution in [0.25, 0.3) is 87.7 Å². The van der Waals surface area contributed by atoms with Gasteiger partial charge in [0.15, 0.2) is 28.0 Å². The number of nitrogens with one attached hydrogen (secondary N) is 4. The van der Waals surface area contributed by atoms with E-state index in [0.29, 0.717) is 77.6 Å².